The number of benzene rings is 1. The summed E-state index contributed by atoms with van der Waals surface area (Å²) in [4.78, 5) is 4.36. The second kappa shape index (κ2) is 11.7. The van der Waals surface area contributed by atoms with Gasteiger partial charge in [0, 0.05) is 32.7 Å². The second-order valence-corrected chi connectivity index (χ2v) is 8.00. The molecule has 0 aliphatic carbocycles. The zero-order valence-corrected chi connectivity index (χ0v) is 19.7. The first-order valence-electron chi connectivity index (χ1n) is 9.63. The van der Waals surface area contributed by atoms with Crippen molar-refractivity contribution in [1.82, 2.24) is 10.6 Å². The number of aliphatic imine (C=N–C) groups is 1. The van der Waals surface area contributed by atoms with Crippen molar-refractivity contribution in [3.05, 3.63) is 29.8 Å². The van der Waals surface area contributed by atoms with Crippen LogP contribution in [0.15, 0.2) is 29.3 Å². The molecule has 1 aromatic carbocycles. The summed E-state index contributed by atoms with van der Waals surface area (Å²) in [5.74, 6) is 2.29. The number of rotatable bonds is 6. The predicted molar refractivity (Wildman–Crippen MR) is 123 cm³/mol. The third-order valence-corrected chi connectivity index (χ3v) is 4.93. The lowest BCUT2D eigenvalue weighted by Crippen LogP contribution is -2.47. The van der Waals surface area contributed by atoms with Crippen LogP contribution in [-0.2, 0) is 11.2 Å². The van der Waals surface area contributed by atoms with Gasteiger partial charge in [-0.25, -0.2) is 0 Å². The van der Waals surface area contributed by atoms with Crippen LogP contribution in [0.1, 0.15) is 39.2 Å². The minimum absolute atomic E-state index is 0. The number of hydrogen-bond donors (Lipinski definition) is 2. The number of ether oxygens (including phenoxy) is 2. The minimum atomic E-state index is 0. The first-order valence-corrected chi connectivity index (χ1v) is 9.63. The maximum atomic E-state index is 6.07. The molecule has 0 saturated carbocycles. The molecule has 0 bridgehead atoms. The molecular formula is C21H36IN3O2. The third-order valence-electron chi connectivity index (χ3n) is 4.93. The number of hydrogen-bond acceptors (Lipinski definition) is 3. The molecule has 2 unspecified atom stereocenters. The highest BCUT2D eigenvalue weighted by Gasteiger charge is 2.35. The molecule has 1 fully saturated rings. The van der Waals surface area contributed by atoms with Gasteiger partial charge in [-0.2, -0.15) is 0 Å². The Bertz CT molecular complexity index is 587. The van der Waals surface area contributed by atoms with Crippen LogP contribution in [0.4, 0.5) is 0 Å². The van der Waals surface area contributed by atoms with Crippen LogP contribution in [0.5, 0.6) is 5.75 Å². The zero-order valence-electron chi connectivity index (χ0n) is 17.4. The monoisotopic (exact) mass is 489 g/mol. The highest BCUT2D eigenvalue weighted by Crippen LogP contribution is 2.33. The molecule has 6 heteroatoms. The number of guanidine groups is 1. The summed E-state index contributed by atoms with van der Waals surface area (Å²) in [6.45, 7) is 9.35. The van der Waals surface area contributed by atoms with Crippen molar-refractivity contribution in [2.24, 2.45) is 16.3 Å². The molecule has 0 spiro atoms. The van der Waals surface area contributed by atoms with Crippen LogP contribution in [0.2, 0.25) is 0 Å². The average molecular weight is 489 g/mol. The molecule has 1 aliphatic heterocycles. The minimum Gasteiger partial charge on any atom is -0.496 e. The Morgan fingerprint density at radius 1 is 1.26 bits per heavy atom. The van der Waals surface area contributed by atoms with E-state index in [1.165, 1.54) is 12.0 Å². The number of nitrogens with zero attached hydrogens (tertiary/aromatic N) is 1. The summed E-state index contributed by atoms with van der Waals surface area (Å²) in [5.41, 5.74) is 1.36. The van der Waals surface area contributed by atoms with Crippen LogP contribution >= 0.6 is 24.0 Å². The topological polar surface area (TPSA) is 54.9 Å². The van der Waals surface area contributed by atoms with Crippen LogP contribution in [-0.4, -0.2) is 45.9 Å². The molecule has 0 amide bonds. The Hall–Kier alpha value is -1.02. The van der Waals surface area contributed by atoms with Crippen LogP contribution in [0, 0.1) is 11.3 Å². The quantitative estimate of drug-likeness (QED) is 0.362. The molecule has 5 nitrogen and oxygen atoms in total. The lowest BCUT2D eigenvalue weighted by atomic mass is 9.78. The van der Waals surface area contributed by atoms with Crippen molar-refractivity contribution >= 4 is 29.9 Å². The zero-order chi connectivity index (χ0) is 19.0. The van der Waals surface area contributed by atoms with Gasteiger partial charge in [-0.05, 0) is 36.3 Å². The van der Waals surface area contributed by atoms with Gasteiger partial charge in [-0.1, -0.05) is 39.0 Å². The van der Waals surface area contributed by atoms with E-state index in [9.17, 15) is 0 Å². The molecule has 27 heavy (non-hydrogen) atoms. The van der Waals surface area contributed by atoms with Gasteiger partial charge >= 0.3 is 0 Å². The smallest absolute Gasteiger partial charge is 0.190 e. The normalized spacial score (nSPS) is 20.6. The highest BCUT2D eigenvalue weighted by atomic mass is 127. The third kappa shape index (κ3) is 7.49. The van der Waals surface area contributed by atoms with E-state index >= 15 is 0 Å². The fourth-order valence-electron chi connectivity index (χ4n) is 3.68. The Morgan fingerprint density at radius 3 is 2.67 bits per heavy atom. The van der Waals surface area contributed by atoms with Gasteiger partial charge in [0.15, 0.2) is 5.96 Å². The lowest BCUT2D eigenvalue weighted by molar-refractivity contribution is -0.0835. The van der Waals surface area contributed by atoms with Crippen molar-refractivity contribution in [3.8, 4) is 5.75 Å². The number of para-hydroxylation sites is 1. The molecule has 154 valence electrons. The van der Waals surface area contributed by atoms with E-state index in [0.29, 0.717) is 5.92 Å². The van der Waals surface area contributed by atoms with Crippen molar-refractivity contribution < 1.29 is 9.47 Å². The standard InChI is InChI=1S/C21H35N3O2.HI/c1-21(2,3)19-17(10-8-14-26-19)15-24-20(22-4)23-13-12-16-9-6-7-11-18(16)25-5;/h6-7,9,11,17,19H,8,10,12-15H2,1-5H3,(H2,22,23,24);1H. The number of nitrogens with one attached hydrogen (secondary N) is 2. The number of halogens is 1. The van der Waals surface area contributed by atoms with E-state index in [1.807, 2.05) is 25.2 Å². The molecule has 0 radical (unpaired) electrons. The van der Waals surface area contributed by atoms with Gasteiger partial charge in [-0.3, -0.25) is 4.99 Å². The van der Waals surface area contributed by atoms with E-state index in [4.69, 9.17) is 9.47 Å². The summed E-state index contributed by atoms with van der Waals surface area (Å²) in [6, 6.07) is 8.14. The van der Waals surface area contributed by atoms with Crippen molar-refractivity contribution in [2.75, 3.05) is 33.9 Å². The largest absolute Gasteiger partial charge is 0.496 e. The molecular weight excluding hydrogens is 453 g/mol. The molecule has 1 aromatic rings. The van der Waals surface area contributed by atoms with Crippen LogP contribution in [0.3, 0.4) is 0 Å². The predicted octanol–water partition coefficient (Wildman–Crippen LogP) is 3.86. The van der Waals surface area contributed by atoms with Gasteiger partial charge in [0.1, 0.15) is 5.75 Å². The maximum absolute atomic E-state index is 6.07. The molecule has 0 aromatic heterocycles. The summed E-state index contributed by atoms with van der Waals surface area (Å²) < 4.78 is 11.5. The van der Waals surface area contributed by atoms with E-state index in [1.54, 1.807) is 7.11 Å². The summed E-state index contributed by atoms with van der Waals surface area (Å²) in [5, 5.41) is 6.89. The van der Waals surface area contributed by atoms with E-state index < -0.39 is 0 Å². The highest BCUT2D eigenvalue weighted by molar-refractivity contribution is 14.0. The summed E-state index contributed by atoms with van der Waals surface area (Å²) in [6.07, 6.45) is 3.52. The van der Waals surface area contributed by atoms with Gasteiger partial charge < -0.3 is 20.1 Å². The van der Waals surface area contributed by atoms with Gasteiger partial charge in [0.2, 0.25) is 0 Å². The van der Waals surface area contributed by atoms with Gasteiger partial charge in [0.25, 0.3) is 0 Å². The number of methoxy groups -OCH3 is 1. The first kappa shape index (κ1) is 24.0. The lowest BCUT2D eigenvalue weighted by Gasteiger charge is -2.40. The van der Waals surface area contributed by atoms with E-state index in [2.05, 4.69) is 42.5 Å². The van der Waals surface area contributed by atoms with E-state index in [-0.39, 0.29) is 35.5 Å². The van der Waals surface area contributed by atoms with Gasteiger partial charge in [0.05, 0.1) is 13.2 Å². The molecule has 2 atom stereocenters. The molecule has 1 heterocycles. The molecule has 1 saturated heterocycles. The fraction of sp³-hybridized carbons (Fsp3) is 0.667. The Kier molecular flexibility index (Phi) is 10.4. The molecule has 2 rings (SSSR count). The summed E-state index contributed by atoms with van der Waals surface area (Å²) in [7, 11) is 3.53. The summed E-state index contributed by atoms with van der Waals surface area (Å²) >= 11 is 0. The van der Waals surface area contributed by atoms with Crippen LogP contribution < -0.4 is 15.4 Å². The van der Waals surface area contributed by atoms with Crippen molar-refractivity contribution in [1.29, 1.82) is 0 Å². The second-order valence-electron chi connectivity index (χ2n) is 8.00. The first-order chi connectivity index (χ1) is 12.5. The molecule has 2 N–H and O–H groups in total. The van der Waals surface area contributed by atoms with Gasteiger partial charge in [-0.15, -0.1) is 24.0 Å². The van der Waals surface area contributed by atoms with Crippen molar-refractivity contribution in [3.63, 3.8) is 0 Å². The average Bonchev–Trinajstić information content (AvgIpc) is 2.64. The van der Waals surface area contributed by atoms with E-state index in [0.717, 1.165) is 44.2 Å². The maximum Gasteiger partial charge on any atom is 0.190 e. The van der Waals surface area contributed by atoms with Crippen LogP contribution in [0.25, 0.3) is 0 Å². The van der Waals surface area contributed by atoms with Crippen molar-refractivity contribution in [2.45, 2.75) is 46.1 Å². The Labute approximate surface area is 181 Å². The fourth-order valence-corrected chi connectivity index (χ4v) is 3.68. The Morgan fingerprint density at radius 2 is 2.00 bits per heavy atom. The molecule has 1 aliphatic rings. The SMILES string of the molecule is CN=C(NCCc1ccccc1OC)NCC1CCCOC1C(C)(C)C.I. The Balaban J connectivity index is 0.00000364.